The van der Waals surface area contributed by atoms with Crippen molar-refractivity contribution in [3.63, 3.8) is 0 Å². The lowest BCUT2D eigenvalue weighted by molar-refractivity contribution is -0.161. The highest BCUT2D eigenvalue weighted by atomic mass is 19.4. The second kappa shape index (κ2) is 6.57. The molecule has 0 bridgehead atoms. The number of nitrogens with zero attached hydrogens (tertiary/aromatic N) is 1. The molecule has 0 aromatic heterocycles. The van der Waals surface area contributed by atoms with Crippen molar-refractivity contribution in [3.8, 4) is 6.07 Å². The Hall–Kier alpha value is -2.10. The summed E-state index contributed by atoms with van der Waals surface area (Å²) in [6, 6.07) is 7.38. The molecule has 0 fully saturated rings. The van der Waals surface area contributed by atoms with E-state index in [1.165, 1.54) is 24.3 Å². The summed E-state index contributed by atoms with van der Waals surface area (Å²) in [6.45, 7) is 0.359. The van der Waals surface area contributed by atoms with Crippen molar-refractivity contribution in [2.75, 3.05) is 6.61 Å². The Bertz CT molecular complexity index is 529. The standard InChI is InChI=1S/C14H13F4NO2/c1-13(15,9-14(16,17)18)6-7-21-12(20)11-4-2-10(8-19)3-5-11/h2-5H,6-7,9H2,1H3. The molecule has 3 nitrogen and oxygen atoms in total. The monoisotopic (exact) mass is 303 g/mol. The highest BCUT2D eigenvalue weighted by Crippen LogP contribution is 2.32. The van der Waals surface area contributed by atoms with E-state index in [2.05, 4.69) is 0 Å². The Kier molecular flexibility index (Phi) is 5.30. The van der Waals surface area contributed by atoms with Gasteiger partial charge in [0.05, 0.1) is 30.2 Å². The highest BCUT2D eigenvalue weighted by molar-refractivity contribution is 5.89. The minimum absolute atomic E-state index is 0.144. The lowest BCUT2D eigenvalue weighted by Gasteiger charge is -2.21. The van der Waals surface area contributed by atoms with E-state index in [0.29, 0.717) is 5.56 Å². The third-order valence-electron chi connectivity index (χ3n) is 2.68. The number of benzene rings is 1. The van der Waals surface area contributed by atoms with Gasteiger partial charge in [0, 0.05) is 6.42 Å². The number of esters is 1. The van der Waals surface area contributed by atoms with E-state index in [1.807, 2.05) is 6.07 Å². The van der Waals surface area contributed by atoms with Crippen LogP contribution in [0.4, 0.5) is 17.6 Å². The predicted octanol–water partition coefficient (Wildman–Crippen LogP) is 3.79. The number of nitriles is 1. The predicted molar refractivity (Wildman–Crippen MR) is 66.2 cm³/mol. The van der Waals surface area contributed by atoms with E-state index in [0.717, 1.165) is 6.92 Å². The molecule has 0 saturated carbocycles. The molecule has 0 aliphatic rings. The van der Waals surface area contributed by atoms with Gasteiger partial charge >= 0.3 is 12.1 Å². The summed E-state index contributed by atoms with van der Waals surface area (Å²) < 4.78 is 54.6. The van der Waals surface area contributed by atoms with E-state index < -0.39 is 37.3 Å². The van der Waals surface area contributed by atoms with Crippen molar-refractivity contribution in [3.05, 3.63) is 35.4 Å². The summed E-state index contributed by atoms with van der Waals surface area (Å²) >= 11 is 0. The van der Waals surface area contributed by atoms with E-state index >= 15 is 0 Å². The zero-order valence-corrected chi connectivity index (χ0v) is 11.2. The summed E-state index contributed by atoms with van der Waals surface area (Å²) in [5, 5.41) is 8.59. The first-order chi connectivity index (χ1) is 9.63. The molecule has 0 amide bonds. The van der Waals surface area contributed by atoms with E-state index in [9.17, 15) is 22.4 Å². The molecule has 21 heavy (non-hydrogen) atoms. The van der Waals surface area contributed by atoms with Gasteiger partial charge in [0.15, 0.2) is 0 Å². The summed E-state index contributed by atoms with van der Waals surface area (Å²) in [4.78, 5) is 11.6. The van der Waals surface area contributed by atoms with Gasteiger partial charge < -0.3 is 4.74 Å². The van der Waals surface area contributed by atoms with Crippen LogP contribution in [0.1, 0.15) is 35.7 Å². The van der Waals surface area contributed by atoms with Gasteiger partial charge in [-0.1, -0.05) is 0 Å². The number of ether oxygens (including phenoxy) is 1. The number of hydrogen-bond donors (Lipinski definition) is 0. The van der Waals surface area contributed by atoms with Crippen LogP contribution in [0.2, 0.25) is 0 Å². The van der Waals surface area contributed by atoms with Crippen LogP contribution in [0.3, 0.4) is 0 Å². The molecule has 1 rings (SSSR count). The normalized spacial score (nSPS) is 14.1. The van der Waals surface area contributed by atoms with Crippen LogP contribution in [-0.4, -0.2) is 24.4 Å². The van der Waals surface area contributed by atoms with Crippen LogP contribution in [0, 0.1) is 11.3 Å². The third kappa shape index (κ3) is 6.25. The van der Waals surface area contributed by atoms with Crippen molar-refractivity contribution >= 4 is 5.97 Å². The second-order valence-electron chi connectivity index (χ2n) is 4.78. The fourth-order valence-electron chi connectivity index (χ4n) is 1.63. The first kappa shape index (κ1) is 17.0. The molecular formula is C14H13F4NO2. The quantitative estimate of drug-likeness (QED) is 0.614. The molecule has 0 saturated heterocycles. The van der Waals surface area contributed by atoms with Crippen LogP contribution in [0.5, 0.6) is 0 Å². The minimum atomic E-state index is -4.61. The fraction of sp³-hybridized carbons (Fsp3) is 0.429. The summed E-state index contributed by atoms with van der Waals surface area (Å²) in [5.74, 6) is -0.776. The van der Waals surface area contributed by atoms with Crippen molar-refractivity contribution < 1.29 is 27.1 Å². The molecule has 0 spiro atoms. The van der Waals surface area contributed by atoms with Crippen molar-refractivity contribution in [2.45, 2.75) is 31.6 Å². The third-order valence-corrected chi connectivity index (χ3v) is 2.68. The van der Waals surface area contributed by atoms with Crippen LogP contribution in [-0.2, 0) is 4.74 Å². The number of rotatable bonds is 5. The molecule has 0 heterocycles. The Morgan fingerprint density at radius 1 is 1.24 bits per heavy atom. The molecule has 0 aliphatic carbocycles. The molecule has 114 valence electrons. The van der Waals surface area contributed by atoms with Crippen LogP contribution >= 0.6 is 0 Å². The van der Waals surface area contributed by atoms with E-state index in [4.69, 9.17) is 10.00 Å². The Morgan fingerprint density at radius 3 is 2.29 bits per heavy atom. The summed E-state index contributed by atoms with van der Waals surface area (Å²) in [7, 11) is 0. The fourth-order valence-corrected chi connectivity index (χ4v) is 1.63. The van der Waals surface area contributed by atoms with Crippen LogP contribution in [0.25, 0.3) is 0 Å². The number of alkyl halides is 4. The van der Waals surface area contributed by atoms with Gasteiger partial charge in [0.2, 0.25) is 0 Å². The molecule has 0 radical (unpaired) electrons. The Balaban J connectivity index is 2.48. The van der Waals surface area contributed by atoms with Crippen molar-refractivity contribution in [2.24, 2.45) is 0 Å². The molecule has 7 heteroatoms. The molecule has 1 aromatic rings. The van der Waals surface area contributed by atoms with Gasteiger partial charge in [-0.25, -0.2) is 9.18 Å². The van der Waals surface area contributed by atoms with Gasteiger partial charge in [-0.15, -0.1) is 0 Å². The molecule has 1 unspecified atom stereocenters. The molecule has 0 aliphatic heterocycles. The average Bonchev–Trinajstić information content (AvgIpc) is 2.35. The Labute approximate surface area is 119 Å². The first-order valence-corrected chi connectivity index (χ1v) is 6.06. The Morgan fingerprint density at radius 2 is 1.81 bits per heavy atom. The van der Waals surface area contributed by atoms with Gasteiger partial charge in [0.1, 0.15) is 5.67 Å². The van der Waals surface area contributed by atoms with Gasteiger partial charge in [-0.2, -0.15) is 18.4 Å². The van der Waals surface area contributed by atoms with Crippen molar-refractivity contribution in [1.82, 2.24) is 0 Å². The lowest BCUT2D eigenvalue weighted by Crippen LogP contribution is -2.28. The van der Waals surface area contributed by atoms with E-state index in [-0.39, 0.29) is 5.56 Å². The zero-order chi connectivity index (χ0) is 16.1. The maximum atomic E-state index is 13.6. The molecule has 1 atom stereocenters. The topological polar surface area (TPSA) is 50.1 Å². The summed E-state index contributed by atoms with van der Waals surface area (Å²) in [5.41, 5.74) is -1.98. The lowest BCUT2D eigenvalue weighted by atomic mass is 10.0. The molecule has 0 N–H and O–H groups in total. The average molecular weight is 303 g/mol. The van der Waals surface area contributed by atoms with Gasteiger partial charge in [-0.05, 0) is 31.2 Å². The minimum Gasteiger partial charge on any atom is -0.462 e. The van der Waals surface area contributed by atoms with Crippen LogP contribution in [0.15, 0.2) is 24.3 Å². The maximum absolute atomic E-state index is 13.6. The molecule has 1 aromatic carbocycles. The van der Waals surface area contributed by atoms with E-state index in [1.54, 1.807) is 0 Å². The van der Waals surface area contributed by atoms with Crippen LogP contribution < -0.4 is 0 Å². The maximum Gasteiger partial charge on any atom is 0.392 e. The smallest absolute Gasteiger partial charge is 0.392 e. The number of carbonyl (C=O) groups excluding carboxylic acids is 1. The van der Waals surface area contributed by atoms with Gasteiger partial charge in [0.25, 0.3) is 0 Å². The first-order valence-electron chi connectivity index (χ1n) is 6.06. The SMILES string of the molecule is CC(F)(CCOC(=O)c1ccc(C#N)cc1)CC(F)(F)F. The van der Waals surface area contributed by atoms with Crippen molar-refractivity contribution in [1.29, 1.82) is 5.26 Å². The summed E-state index contributed by atoms with van der Waals surface area (Å²) in [6.07, 6.45) is -6.75. The number of halogens is 4. The largest absolute Gasteiger partial charge is 0.462 e. The number of hydrogen-bond acceptors (Lipinski definition) is 3. The second-order valence-corrected chi connectivity index (χ2v) is 4.78. The molecular weight excluding hydrogens is 290 g/mol. The van der Waals surface area contributed by atoms with Gasteiger partial charge in [-0.3, -0.25) is 0 Å². The zero-order valence-electron chi connectivity index (χ0n) is 11.2. The number of carbonyl (C=O) groups is 1. The highest BCUT2D eigenvalue weighted by Gasteiger charge is 2.39.